The van der Waals surface area contributed by atoms with Crippen LogP contribution in [0, 0.1) is 0 Å². The van der Waals surface area contributed by atoms with E-state index in [9.17, 15) is 13.2 Å². The van der Waals surface area contributed by atoms with E-state index in [-0.39, 0.29) is 33.9 Å². The Bertz CT molecular complexity index is 605. The average molecular weight is 337 g/mol. The van der Waals surface area contributed by atoms with Crippen molar-refractivity contribution >= 4 is 39.1 Å². The first-order chi connectivity index (χ1) is 9.34. The Morgan fingerprint density at radius 2 is 1.60 bits per heavy atom. The summed E-state index contributed by atoms with van der Waals surface area (Å²) in [4.78, 5) is 12.8. The number of halogens is 2. The molecular formula is C12H14Cl2N2O3S. The molecule has 2 rings (SSSR count). The fraction of sp³-hybridized carbons (Fsp3) is 0.417. The van der Waals surface area contributed by atoms with Crippen LogP contribution >= 0.6 is 23.2 Å². The van der Waals surface area contributed by atoms with E-state index in [4.69, 9.17) is 23.2 Å². The van der Waals surface area contributed by atoms with Crippen molar-refractivity contribution in [3.63, 3.8) is 0 Å². The number of carbonyl (C=O) groups is 1. The number of amides is 1. The number of rotatable bonds is 2. The SMILES string of the molecule is CC(=O)N1CCN(S(=O)(=O)c2c(Cl)cccc2Cl)CC1. The fourth-order valence-corrected chi connectivity index (χ4v) is 4.61. The minimum absolute atomic E-state index is 0.0576. The molecule has 0 bridgehead atoms. The number of hydrogen-bond acceptors (Lipinski definition) is 3. The van der Waals surface area contributed by atoms with Crippen molar-refractivity contribution in [1.29, 1.82) is 0 Å². The maximum atomic E-state index is 12.6. The maximum absolute atomic E-state index is 12.6. The van der Waals surface area contributed by atoms with E-state index in [1.54, 1.807) is 11.0 Å². The first-order valence-corrected chi connectivity index (χ1v) is 8.23. The monoisotopic (exact) mass is 336 g/mol. The first-order valence-electron chi connectivity index (χ1n) is 6.03. The summed E-state index contributed by atoms with van der Waals surface area (Å²) in [6.07, 6.45) is 0. The van der Waals surface area contributed by atoms with Gasteiger partial charge in [0.2, 0.25) is 15.9 Å². The Morgan fingerprint density at radius 1 is 1.10 bits per heavy atom. The molecule has 1 heterocycles. The van der Waals surface area contributed by atoms with E-state index in [1.165, 1.54) is 23.4 Å². The Morgan fingerprint density at radius 3 is 2.05 bits per heavy atom. The molecule has 1 aromatic rings. The lowest BCUT2D eigenvalue weighted by Crippen LogP contribution is -2.50. The van der Waals surface area contributed by atoms with Crippen molar-refractivity contribution < 1.29 is 13.2 Å². The van der Waals surface area contributed by atoms with Crippen molar-refractivity contribution in [3.05, 3.63) is 28.2 Å². The highest BCUT2D eigenvalue weighted by Crippen LogP contribution is 2.31. The van der Waals surface area contributed by atoms with Crippen molar-refractivity contribution in [2.75, 3.05) is 26.2 Å². The minimum Gasteiger partial charge on any atom is -0.340 e. The van der Waals surface area contributed by atoms with Crippen LogP contribution in [0.15, 0.2) is 23.1 Å². The number of piperazine rings is 1. The van der Waals surface area contributed by atoms with E-state index in [2.05, 4.69) is 0 Å². The second-order valence-corrected chi connectivity index (χ2v) is 7.15. The van der Waals surface area contributed by atoms with Crippen molar-refractivity contribution in [3.8, 4) is 0 Å². The van der Waals surface area contributed by atoms with E-state index in [0.717, 1.165) is 0 Å². The number of hydrogen-bond donors (Lipinski definition) is 0. The van der Waals surface area contributed by atoms with Crippen LogP contribution < -0.4 is 0 Å². The lowest BCUT2D eigenvalue weighted by Gasteiger charge is -2.33. The molecule has 1 saturated heterocycles. The summed E-state index contributed by atoms with van der Waals surface area (Å²) in [5.74, 6) is -0.0576. The van der Waals surface area contributed by atoms with Gasteiger partial charge in [0, 0.05) is 33.1 Å². The predicted molar refractivity (Wildman–Crippen MR) is 77.5 cm³/mol. The standard InChI is InChI=1S/C12H14Cl2N2O3S/c1-9(17)15-5-7-16(8-6-15)20(18,19)12-10(13)3-2-4-11(12)14/h2-4H,5-8H2,1H3. The molecule has 5 nitrogen and oxygen atoms in total. The Hall–Kier alpha value is -0.820. The Labute approximate surface area is 128 Å². The summed E-state index contributed by atoms with van der Waals surface area (Å²) in [6.45, 7) is 2.69. The van der Waals surface area contributed by atoms with Gasteiger partial charge in [0.05, 0.1) is 10.0 Å². The van der Waals surface area contributed by atoms with Crippen LogP contribution in [0.2, 0.25) is 10.0 Å². The molecule has 0 N–H and O–H groups in total. The largest absolute Gasteiger partial charge is 0.340 e. The van der Waals surface area contributed by atoms with Gasteiger partial charge in [0.1, 0.15) is 4.90 Å². The summed E-state index contributed by atoms with van der Waals surface area (Å²) in [5, 5.41) is 0.206. The van der Waals surface area contributed by atoms with Gasteiger partial charge in [-0.3, -0.25) is 4.79 Å². The molecule has 8 heteroatoms. The number of carbonyl (C=O) groups excluding carboxylic acids is 1. The molecule has 1 aliphatic rings. The quantitative estimate of drug-likeness (QED) is 0.828. The third-order valence-electron chi connectivity index (χ3n) is 3.20. The maximum Gasteiger partial charge on any atom is 0.246 e. The fourth-order valence-electron chi connectivity index (χ4n) is 2.10. The molecule has 0 aromatic heterocycles. The molecular weight excluding hydrogens is 323 g/mol. The van der Waals surface area contributed by atoms with Crippen LogP contribution in [0.25, 0.3) is 0 Å². The summed E-state index contributed by atoms with van der Waals surface area (Å²) in [7, 11) is -3.74. The molecule has 0 atom stereocenters. The second-order valence-electron chi connectivity index (χ2n) is 4.46. The van der Waals surface area contributed by atoms with Crippen molar-refractivity contribution in [2.45, 2.75) is 11.8 Å². The highest BCUT2D eigenvalue weighted by molar-refractivity contribution is 7.89. The van der Waals surface area contributed by atoms with Gasteiger partial charge in [-0.15, -0.1) is 0 Å². The third kappa shape index (κ3) is 2.93. The molecule has 1 fully saturated rings. The molecule has 0 spiro atoms. The topological polar surface area (TPSA) is 57.7 Å². The van der Waals surface area contributed by atoms with Gasteiger partial charge in [0.15, 0.2) is 0 Å². The summed E-state index contributed by atoms with van der Waals surface area (Å²) in [5.41, 5.74) is 0. The highest BCUT2D eigenvalue weighted by Gasteiger charge is 2.32. The zero-order valence-corrected chi connectivity index (χ0v) is 13.2. The summed E-state index contributed by atoms with van der Waals surface area (Å²) < 4.78 is 26.4. The van der Waals surface area contributed by atoms with Crippen LogP contribution in [0.5, 0.6) is 0 Å². The summed E-state index contributed by atoms with van der Waals surface area (Å²) in [6, 6.07) is 4.58. The molecule has 0 radical (unpaired) electrons. The number of sulfonamides is 1. The third-order valence-corrected chi connectivity index (χ3v) is 6.06. The van der Waals surface area contributed by atoms with Crippen LogP contribution in [0.1, 0.15) is 6.92 Å². The molecule has 1 amide bonds. The van der Waals surface area contributed by atoms with E-state index in [1.807, 2.05) is 0 Å². The van der Waals surface area contributed by atoms with Crippen molar-refractivity contribution in [1.82, 2.24) is 9.21 Å². The van der Waals surface area contributed by atoms with E-state index >= 15 is 0 Å². The second kappa shape index (κ2) is 5.89. The first kappa shape index (κ1) is 15.6. The van der Waals surface area contributed by atoms with Gasteiger partial charge in [-0.1, -0.05) is 29.3 Å². The highest BCUT2D eigenvalue weighted by atomic mass is 35.5. The van der Waals surface area contributed by atoms with Gasteiger partial charge in [0.25, 0.3) is 0 Å². The lowest BCUT2D eigenvalue weighted by molar-refractivity contribution is -0.129. The van der Waals surface area contributed by atoms with Crippen LogP contribution in [0.4, 0.5) is 0 Å². The number of benzene rings is 1. The Balaban J connectivity index is 2.27. The van der Waals surface area contributed by atoms with Gasteiger partial charge >= 0.3 is 0 Å². The van der Waals surface area contributed by atoms with Crippen molar-refractivity contribution in [2.24, 2.45) is 0 Å². The molecule has 110 valence electrons. The van der Waals surface area contributed by atoms with Gasteiger partial charge in [-0.25, -0.2) is 8.42 Å². The lowest BCUT2D eigenvalue weighted by atomic mass is 10.3. The van der Waals surface area contributed by atoms with Crippen LogP contribution in [-0.2, 0) is 14.8 Å². The van der Waals surface area contributed by atoms with Crippen LogP contribution in [-0.4, -0.2) is 49.7 Å². The normalized spacial score (nSPS) is 17.2. The minimum atomic E-state index is -3.74. The van der Waals surface area contributed by atoms with Crippen LogP contribution in [0.3, 0.4) is 0 Å². The predicted octanol–water partition coefficient (Wildman–Crippen LogP) is 1.85. The molecule has 0 aliphatic carbocycles. The van der Waals surface area contributed by atoms with Gasteiger partial charge in [-0.2, -0.15) is 4.31 Å². The zero-order valence-electron chi connectivity index (χ0n) is 10.8. The number of nitrogens with zero attached hydrogens (tertiary/aromatic N) is 2. The molecule has 20 heavy (non-hydrogen) atoms. The molecule has 1 aromatic carbocycles. The van der Waals surface area contributed by atoms with E-state index < -0.39 is 10.0 Å². The zero-order chi connectivity index (χ0) is 14.9. The molecule has 0 saturated carbocycles. The smallest absolute Gasteiger partial charge is 0.246 e. The molecule has 1 aliphatic heterocycles. The average Bonchev–Trinajstić information content (AvgIpc) is 2.38. The van der Waals surface area contributed by atoms with E-state index in [0.29, 0.717) is 13.1 Å². The van der Waals surface area contributed by atoms with Gasteiger partial charge in [-0.05, 0) is 12.1 Å². The summed E-state index contributed by atoms with van der Waals surface area (Å²) >= 11 is 11.9. The van der Waals surface area contributed by atoms with Gasteiger partial charge < -0.3 is 4.90 Å². The Kier molecular flexibility index (Phi) is 4.59. The molecule has 0 unspecified atom stereocenters.